The highest BCUT2D eigenvalue weighted by Gasteiger charge is 1.94. The van der Waals surface area contributed by atoms with E-state index in [-0.39, 0.29) is 6.61 Å². The molecule has 0 aliphatic heterocycles. The van der Waals surface area contributed by atoms with Crippen molar-refractivity contribution in [2.24, 2.45) is 0 Å². The molecule has 2 nitrogen and oxygen atoms in total. The number of hydrogen-bond acceptors (Lipinski definition) is 2. The molecule has 0 amide bonds. The first-order valence-corrected chi connectivity index (χ1v) is 3.20. The van der Waals surface area contributed by atoms with E-state index in [2.05, 4.69) is 6.07 Å². The highest BCUT2D eigenvalue weighted by molar-refractivity contribution is 5.45. The van der Waals surface area contributed by atoms with Gasteiger partial charge in [-0.25, -0.2) is 0 Å². The van der Waals surface area contributed by atoms with E-state index >= 15 is 0 Å². The molecule has 0 atom stereocenters. The van der Waals surface area contributed by atoms with Crippen LogP contribution in [0, 0.1) is 6.07 Å². The van der Waals surface area contributed by atoms with Crippen molar-refractivity contribution < 1.29 is 5.11 Å². The minimum absolute atomic E-state index is 0.141. The second-order valence-electron chi connectivity index (χ2n) is 2.10. The lowest BCUT2D eigenvalue weighted by molar-refractivity contribution is 0.300. The summed E-state index contributed by atoms with van der Waals surface area (Å²) in [5, 5.41) is 8.57. The Labute approximate surface area is 60.3 Å². The van der Waals surface area contributed by atoms with Crippen LogP contribution in [0.2, 0.25) is 0 Å². The number of anilines is 1. The number of hydrogen-bond donors (Lipinski definition) is 2. The first-order valence-electron chi connectivity index (χ1n) is 3.20. The Kier molecular flexibility index (Phi) is 2.29. The molecular formula is C8H10NO. The first-order chi connectivity index (χ1) is 4.84. The van der Waals surface area contributed by atoms with Crippen LogP contribution in [-0.4, -0.2) is 11.7 Å². The number of rotatable bonds is 2. The Balaban J connectivity index is 2.81. The van der Waals surface area contributed by atoms with Gasteiger partial charge < -0.3 is 10.8 Å². The minimum atomic E-state index is 0.141. The summed E-state index contributed by atoms with van der Waals surface area (Å²) in [6.45, 7) is 0.141. The Morgan fingerprint density at radius 1 is 1.60 bits per heavy atom. The van der Waals surface area contributed by atoms with Crippen molar-refractivity contribution in [3.63, 3.8) is 0 Å². The number of nitrogens with two attached hydrogens (primary N) is 1. The molecule has 53 valence electrons. The summed E-state index contributed by atoms with van der Waals surface area (Å²) in [4.78, 5) is 0. The predicted molar refractivity (Wildman–Crippen MR) is 40.5 cm³/mol. The molecule has 10 heavy (non-hydrogen) atoms. The monoisotopic (exact) mass is 136 g/mol. The zero-order valence-electron chi connectivity index (χ0n) is 5.67. The van der Waals surface area contributed by atoms with Crippen LogP contribution in [0.4, 0.5) is 5.69 Å². The molecule has 0 unspecified atom stereocenters. The molecule has 1 aromatic rings. The molecule has 1 rings (SSSR count). The summed E-state index contributed by atoms with van der Waals surface area (Å²) >= 11 is 0. The molecule has 0 fully saturated rings. The highest BCUT2D eigenvalue weighted by Crippen LogP contribution is 2.09. The Morgan fingerprint density at radius 2 is 2.40 bits per heavy atom. The fraction of sp³-hybridized carbons (Fsp3) is 0.250. The predicted octanol–water partition coefficient (Wildman–Crippen LogP) is 0.604. The van der Waals surface area contributed by atoms with Crippen molar-refractivity contribution in [1.29, 1.82) is 0 Å². The topological polar surface area (TPSA) is 46.2 Å². The summed E-state index contributed by atoms with van der Waals surface area (Å²) in [6, 6.07) is 8.24. The van der Waals surface area contributed by atoms with Gasteiger partial charge in [-0.1, -0.05) is 6.07 Å². The first kappa shape index (κ1) is 7.09. The molecule has 0 aliphatic carbocycles. The molecule has 0 bridgehead atoms. The second kappa shape index (κ2) is 3.22. The van der Waals surface area contributed by atoms with Crippen LogP contribution in [0.5, 0.6) is 0 Å². The van der Waals surface area contributed by atoms with Gasteiger partial charge in [0.1, 0.15) is 0 Å². The van der Waals surface area contributed by atoms with E-state index in [1.807, 2.05) is 0 Å². The van der Waals surface area contributed by atoms with Crippen LogP contribution in [0.1, 0.15) is 5.56 Å². The molecule has 0 saturated carbocycles. The van der Waals surface area contributed by atoms with E-state index < -0.39 is 0 Å². The smallest absolute Gasteiger partial charge is 0.0472 e. The summed E-state index contributed by atoms with van der Waals surface area (Å²) < 4.78 is 0. The average molecular weight is 136 g/mol. The number of nitrogen functional groups attached to an aromatic ring is 1. The average Bonchev–Trinajstić information content (AvgIpc) is 1.94. The largest absolute Gasteiger partial charge is 0.399 e. The standard InChI is InChI=1S/C8H10NO/c9-8-4-2-1-3-7(8)5-6-10/h2-4,10H,5-6,9H2. The SMILES string of the molecule is Nc1cc[c]cc1CCO. The number of aliphatic hydroxyl groups is 1. The third kappa shape index (κ3) is 1.48. The van der Waals surface area contributed by atoms with Gasteiger partial charge in [-0.15, -0.1) is 0 Å². The van der Waals surface area contributed by atoms with Crippen LogP contribution >= 0.6 is 0 Å². The Morgan fingerprint density at radius 3 is 3.00 bits per heavy atom. The van der Waals surface area contributed by atoms with Crippen molar-refractivity contribution in [3.8, 4) is 0 Å². The van der Waals surface area contributed by atoms with Crippen LogP contribution in [0.15, 0.2) is 18.2 Å². The quantitative estimate of drug-likeness (QED) is 0.585. The normalized spacial score (nSPS) is 9.70. The van der Waals surface area contributed by atoms with E-state index in [1.165, 1.54) is 0 Å². The van der Waals surface area contributed by atoms with E-state index in [4.69, 9.17) is 10.8 Å². The summed E-state index contributed by atoms with van der Waals surface area (Å²) in [5.41, 5.74) is 7.27. The van der Waals surface area contributed by atoms with E-state index in [0.717, 1.165) is 11.3 Å². The molecule has 0 aliphatic rings. The van der Waals surface area contributed by atoms with Crippen LogP contribution in [-0.2, 0) is 6.42 Å². The van der Waals surface area contributed by atoms with Gasteiger partial charge in [0, 0.05) is 12.3 Å². The van der Waals surface area contributed by atoms with E-state index in [1.54, 1.807) is 18.2 Å². The van der Waals surface area contributed by atoms with Gasteiger partial charge in [0.15, 0.2) is 0 Å². The highest BCUT2D eigenvalue weighted by atomic mass is 16.2. The molecule has 0 saturated heterocycles. The van der Waals surface area contributed by atoms with Gasteiger partial charge in [0.2, 0.25) is 0 Å². The Hall–Kier alpha value is -1.02. The third-order valence-electron chi connectivity index (χ3n) is 1.37. The fourth-order valence-electron chi connectivity index (χ4n) is 0.814. The maximum Gasteiger partial charge on any atom is 0.0472 e. The van der Waals surface area contributed by atoms with Gasteiger partial charge in [-0.3, -0.25) is 0 Å². The molecule has 1 aromatic carbocycles. The van der Waals surface area contributed by atoms with Crippen molar-refractivity contribution in [1.82, 2.24) is 0 Å². The fourth-order valence-corrected chi connectivity index (χ4v) is 0.814. The third-order valence-corrected chi connectivity index (χ3v) is 1.37. The lowest BCUT2D eigenvalue weighted by Crippen LogP contribution is -1.96. The van der Waals surface area contributed by atoms with Crippen molar-refractivity contribution >= 4 is 5.69 Å². The zero-order valence-corrected chi connectivity index (χ0v) is 5.67. The number of aliphatic hydroxyl groups excluding tert-OH is 1. The molecular weight excluding hydrogens is 126 g/mol. The molecule has 0 heterocycles. The van der Waals surface area contributed by atoms with Crippen LogP contribution < -0.4 is 5.73 Å². The zero-order chi connectivity index (χ0) is 7.40. The maximum absolute atomic E-state index is 8.57. The Bertz CT molecular complexity index is 210. The lowest BCUT2D eigenvalue weighted by Gasteiger charge is -2.00. The van der Waals surface area contributed by atoms with Crippen LogP contribution in [0.25, 0.3) is 0 Å². The maximum atomic E-state index is 8.57. The van der Waals surface area contributed by atoms with Crippen molar-refractivity contribution in [2.45, 2.75) is 6.42 Å². The molecule has 1 radical (unpaired) electrons. The molecule has 0 aromatic heterocycles. The van der Waals surface area contributed by atoms with Gasteiger partial charge >= 0.3 is 0 Å². The van der Waals surface area contributed by atoms with E-state index in [0.29, 0.717) is 6.42 Å². The summed E-state index contributed by atoms with van der Waals surface area (Å²) in [5.74, 6) is 0. The van der Waals surface area contributed by atoms with Gasteiger partial charge in [0.05, 0.1) is 0 Å². The summed E-state index contributed by atoms with van der Waals surface area (Å²) in [7, 11) is 0. The lowest BCUT2D eigenvalue weighted by atomic mass is 10.1. The van der Waals surface area contributed by atoms with Crippen molar-refractivity contribution in [3.05, 3.63) is 29.8 Å². The van der Waals surface area contributed by atoms with Crippen molar-refractivity contribution in [2.75, 3.05) is 12.3 Å². The summed E-state index contributed by atoms with van der Waals surface area (Å²) in [6.07, 6.45) is 0.614. The van der Waals surface area contributed by atoms with Gasteiger partial charge in [0.25, 0.3) is 0 Å². The number of benzene rings is 1. The molecule has 0 spiro atoms. The minimum Gasteiger partial charge on any atom is -0.399 e. The second-order valence-corrected chi connectivity index (χ2v) is 2.10. The molecule has 3 N–H and O–H groups in total. The van der Waals surface area contributed by atoms with Crippen LogP contribution in [0.3, 0.4) is 0 Å². The van der Waals surface area contributed by atoms with Gasteiger partial charge in [-0.2, -0.15) is 0 Å². The van der Waals surface area contributed by atoms with Gasteiger partial charge in [-0.05, 0) is 30.2 Å². The molecule has 2 heteroatoms. The van der Waals surface area contributed by atoms with E-state index in [9.17, 15) is 0 Å².